The van der Waals surface area contributed by atoms with Crippen molar-refractivity contribution >= 4 is 11.9 Å². The second-order valence-electron chi connectivity index (χ2n) is 5.00. The van der Waals surface area contributed by atoms with Crippen LogP contribution in [0.3, 0.4) is 0 Å². The minimum atomic E-state index is -1.10. The summed E-state index contributed by atoms with van der Waals surface area (Å²) in [5.41, 5.74) is 1.28. The third-order valence-electron chi connectivity index (χ3n) is 3.18. The molecule has 6 nitrogen and oxygen atoms in total. The molecule has 7 heteroatoms. The predicted octanol–water partition coefficient (Wildman–Crippen LogP) is 0.147. The number of para-hydroxylation sites is 2. The molecular formula is C18H18CuO6. The summed E-state index contributed by atoms with van der Waals surface area (Å²) in [4.78, 5) is 20.2. The number of aliphatic carboxylic acids is 2. The van der Waals surface area contributed by atoms with Gasteiger partial charge in [-0.2, -0.15) is 0 Å². The van der Waals surface area contributed by atoms with Gasteiger partial charge in [-0.3, -0.25) is 0 Å². The SMILES string of the molecule is O=C([O-])CCc1ccccc1O.O=C([O-])CCc1ccccc1O.[Cu+2]. The maximum Gasteiger partial charge on any atom is 2.00 e. The molecule has 2 aromatic carbocycles. The van der Waals surface area contributed by atoms with Gasteiger partial charge in [-0.25, -0.2) is 0 Å². The molecule has 0 saturated carbocycles. The third-order valence-corrected chi connectivity index (χ3v) is 3.18. The number of carbonyl (C=O) groups excluding carboxylic acids is 2. The van der Waals surface area contributed by atoms with Gasteiger partial charge in [0, 0.05) is 11.9 Å². The van der Waals surface area contributed by atoms with E-state index in [-0.39, 0.29) is 41.4 Å². The fourth-order valence-corrected chi connectivity index (χ4v) is 1.92. The van der Waals surface area contributed by atoms with Gasteiger partial charge in [-0.1, -0.05) is 36.4 Å². The zero-order chi connectivity index (χ0) is 17.9. The maximum atomic E-state index is 10.1. The molecule has 0 amide bonds. The average Bonchev–Trinajstić information content (AvgIpc) is 2.54. The molecule has 2 N–H and O–H groups in total. The van der Waals surface area contributed by atoms with Crippen LogP contribution < -0.4 is 10.2 Å². The summed E-state index contributed by atoms with van der Waals surface area (Å²) in [7, 11) is 0. The van der Waals surface area contributed by atoms with Crippen LogP contribution in [-0.2, 0) is 39.5 Å². The molecule has 0 fully saturated rings. The van der Waals surface area contributed by atoms with Crippen LogP contribution in [0.15, 0.2) is 48.5 Å². The first-order valence-electron chi connectivity index (χ1n) is 7.33. The molecule has 0 aromatic heterocycles. The number of carbonyl (C=O) groups is 2. The summed E-state index contributed by atoms with van der Waals surface area (Å²) >= 11 is 0. The van der Waals surface area contributed by atoms with Crippen molar-refractivity contribution in [2.75, 3.05) is 0 Å². The molecule has 0 aliphatic carbocycles. The third kappa shape index (κ3) is 9.39. The number of carboxylic acids is 2. The Balaban J connectivity index is 0.000000443. The molecule has 0 heterocycles. The van der Waals surface area contributed by atoms with E-state index in [1.807, 2.05) is 0 Å². The smallest absolute Gasteiger partial charge is 0.550 e. The van der Waals surface area contributed by atoms with Crippen LogP contribution in [0.1, 0.15) is 24.0 Å². The van der Waals surface area contributed by atoms with Crippen molar-refractivity contribution in [3.8, 4) is 11.5 Å². The first-order chi connectivity index (χ1) is 11.4. The van der Waals surface area contributed by atoms with Crippen molar-refractivity contribution in [2.24, 2.45) is 0 Å². The zero-order valence-corrected chi connectivity index (χ0v) is 14.2. The van der Waals surface area contributed by atoms with Crippen molar-refractivity contribution in [1.82, 2.24) is 0 Å². The molecule has 0 saturated heterocycles. The van der Waals surface area contributed by atoms with E-state index in [2.05, 4.69) is 0 Å². The van der Waals surface area contributed by atoms with Gasteiger partial charge in [0.1, 0.15) is 11.5 Å². The van der Waals surface area contributed by atoms with Gasteiger partial charge in [-0.15, -0.1) is 0 Å². The van der Waals surface area contributed by atoms with Gasteiger partial charge >= 0.3 is 17.1 Å². The van der Waals surface area contributed by atoms with Crippen LogP contribution in [0.25, 0.3) is 0 Å². The van der Waals surface area contributed by atoms with E-state index in [4.69, 9.17) is 0 Å². The van der Waals surface area contributed by atoms with Gasteiger partial charge in [0.25, 0.3) is 0 Å². The Bertz CT molecular complexity index is 627. The first kappa shape index (κ1) is 22.5. The summed E-state index contributed by atoms with van der Waals surface area (Å²) in [5, 5.41) is 38.6. The number of hydrogen-bond acceptors (Lipinski definition) is 6. The minimum absolute atomic E-state index is 0. The Morgan fingerprint density at radius 2 is 1.04 bits per heavy atom. The number of benzene rings is 2. The molecule has 1 radical (unpaired) electrons. The second-order valence-corrected chi connectivity index (χ2v) is 5.00. The van der Waals surface area contributed by atoms with E-state index in [1.165, 1.54) is 12.1 Å². The number of rotatable bonds is 6. The fraction of sp³-hybridized carbons (Fsp3) is 0.222. The van der Waals surface area contributed by atoms with Crippen molar-refractivity contribution in [3.63, 3.8) is 0 Å². The Kier molecular flexibility index (Phi) is 10.8. The largest absolute Gasteiger partial charge is 2.00 e. The summed E-state index contributed by atoms with van der Waals surface area (Å²) in [6, 6.07) is 13.3. The van der Waals surface area contributed by atoms with E-state index in [0.717, 1.165) is 0 Å². The normalized spacial score (nSPS) is 9.28. The molecule has 0 atom stereocenters. The number of aryl methyl sites for hydroxylation is 2. The Morgan fingerprint density at radius 3 is 1.32 bits per heavy atom. The number of aromatic hydroxyl groups is 2. The molecule has 25 heavy (non-hydrogen) atoms. The van der Waals surface area contributed by atoms with Gasteiger partial charge in [0.15, 0.2) is 0 Å². The van der Waals surface area contributed by atoms with Crippen LogP contribution >= 0.6 is 0 Å². The summed E-state index contributed by atoms with van der Waals surface area (Å²) in [6.07, 6.45) is 0.513. The predicted molar refractivity (Wildman–Crippen MR) is 82.9 cm³/mol. The van der Waals surface area contributed by atoms with E-state index >= 15 is 0 Å². The first-order valence-corrected chi connectivity index (χ1v) is 7.33. The van der Waals surface area contributed by atoms with Crippen molar-refractivity contribution < 1.29 is 47.1 Å². The summed E-state index contributed by atoms with van der Waals surface area (Å²) in [5.74, 6) is -1.92. The topological polar surface area (TPSA) is 121 Å². The van der Waals surface area contributed by atoms with Crippen molar-refractivity contribution in [1.29, 1.82) is 0 Å². The van der Waals surface area contributed by atoms with Crippen LogP contribution in [-0.4, -0.2) is 22.2 Å². The maximum absolute atomic E-state index is 10.1. The molecule has 2 aromatic rings. The van der Waals surface area contributed by atoms with Crippen LogP contribution in [0.4, 0.5) is 0 Å². The molecule has 0 bridgehead atoms. The quantitative estimate of drug-likeness (QED) is 0.674. The van der Waals surface area contributed by atoms with Gasteiger partial charge in [0.2, 0.25) is 0 Å². The molecule has 0 aliphatic heterocycles. The number of carboxylic acid groups (broad SMARTS) is 2. The summed E-state index contributed by atoms with van der Waals surface area (Å²) < 4.78 is 0. The summed E-state index contributed by atoms with van der Waals surface area (Å²) in [6.45, 7) is 0. The molecule has 137 valence electrons. The van der Waals surface area contributed by atoms with E-state index in [9.17, 15) is 30.0 Å². The Labute approximate surface area is 156 Å². The van der Waals surface area contributed by atoms with Crippen LogP contribution in [0, 0.1) is 0 Å². The van der Waals surface area contributed by atoms with Crippen LogP contribution in [0.2, 0.25) is 0 Å². The zero-order valence-electron chi connectivity index (χ0n) is 13.3. The van der Waals surface area contributed by atoms with Crippen molar-refractivity contribution in [2.45, 2.75) is 25.7 Å². The second kappa shape index (κ2) is 11.9. The molecule has 0 unspecified atom stereocenters. The molecule has 0 aliphatic rings. The molecular weight excluding hydrogens is 376 g/mol. The van der Waals surface area contributed by atoms with E-state index in [0.29, 0.717) is 24.0 Å². The monoisotopic (exact) mass is 393 g/mol. The van der Waals surface area contributed by atoms with E-state index < -0.39 is 11.9 Å². The van der Waals surface area contributed by atoms with Gasteiger partial charge in [-0.05, 0) is 48.9 Å². The molecule has 2 rings (SSSR count). The Morgan fingerprint density at radius 1 is 0.720 bits per heavy atom. The van der Waals surface area contributed by atoms with Crippen LogP contribution in [0.5, 0.6) is 11.5 Å². The number of phenolic OH excluding ortho intramolecular Hbond substituents is 2. The average molecular weight is 394 g/mol. The standard InChI is InChI=1S/2C9H10O3.Cu/c2*10-8-4-2-1-3-7(8)5-6-9(11)12;/h2*1-4,10H,5-6H2,(H,11,12);/q;;+2/p-2. The Hall–Kier alpha value is -2.50. The van der Waals surface area contributed by atoms with Gasteiger partial charge in [0.05, 0.1) is 0 Å². The van der Waals surface area contributed by atoms with Crippen molar-refractivity contribution in [3.05, 3.63) is 59.7 Å². The number of phenols is 2. The van der Waals surface area contributed by atoms with Gasteiger partial charge < -0.3 is 30.0 Å². The minimum Gasteiger partial charge on any atom is -0.550 e. The van der Waals surface area contributed by atoms with E-state index in [1.54, 1.807) is 36.4 Å². The number of hydrogen-bond donors (Lipinski definition) is 2. The fourth-order valence-electron chi connectivity index (χ4n) is 1.92. The molecule has 0 spiro atoms.